The minimum atomic E-state index is -5.37. The predicted octanol–water partition coefficient (Wildman–Crippen LogP) is -0.420. The zero-order chi connectivity index (χ0) is 64.8. The number of oxime groups is 2. The lowest BCUT2D eigenvalue weighted by atomic mass is 9.84. The number of hydrogen-bond donors (Lipinski definition) is 10. The predicted molar refractivity (Wildman–Crippen MR) is 320 cm³/mol. The van der Waals surface area contributed by atoms with Gasteiger partial charge in [0.15, 0.2) is 59.6 Å². The number of nitrogens with zero attached hydrogens (tertiary/aromatic N) is 10. The summed E-state index contributed by atoms with van der Waals surface area (Å²) in [7, 11) is -5.37. The monoisotopic (exact) mass is 1310 g/mol. The maximum Gasteiger partial charge on any atom is 0.442 e. The van der Waals surface area contributed by atoms with Gasteiger partial charge in [-0.3, -0.25) is 19.2 Å². The largest absolute Gasteiger partial charge is 0.487 e. The molecule has 0 radical (unpaired) electrons. The lowest BCUT2D eigenvalue weighted by Gasteiger charge is -2.52. The fraction of sp³-hybridized carbons (Fsp3) is 0.370. The van der Waals surface area contributed by atoms with Crippen molar-refractivity contribution in [3.8, 4) is 11.5 Å². The van der Waals surface area contributed by atoms with Crippen LogP contribution in [0.4, 0.5) is 33.3 Å². The van der Waals surface area contributed by atoms with E-state index in [4.69, 9.17) is 39.2 Å². The summed E-state index contributed by atoms with van der Waals surface area (Å²) < 4.78 is 52.4. The number of carboxylic acids is 2. The Hall–Kier alpha value is -9.79. The van der Waals surface area contributed by atoms with Gasteiger partial charge in [-0.2, -0.15) is 18.5 Å². The average molecular weight is 1320 g/mol. The van der Waals surface area contributed by atoms with Gasteiger partial charge in [0.2, 0.25) is 0 Å². The first kappa shape index (κ1) is 64.2. The summed E-state index contributed by atoms with van der Waals surface area (Å²) in [6.45, 7) is 9.74. The lowest BCUT2D eigenvalue weighted by molar-refractivity contribution is -0.704. The van der Waals surface area contributed by atoms with Crippen LogP contribution in [-0.4, -0.2) is 170 Å². The molecular weight excluding hydrogens is 1250 g/mol. The average Bonchev–Trinajstić information content (AvgIpc) is 1.22. The Morgan fingerprint density at radius 2 is 1.04 bits per heavy atom. The van der Waals surface area contributed by atoms with Crippen LogP contribution >= 0.6 is 22.7 Å². The SMILES string of the molecule is CC1(C)[C@H](NC(=O)/C(=N\O[C@@H](COc2ccc(Nc3cc[n+](CC4CNC4)cc3)nc2)C(=O)O)c2csc(N)n2)C(=O)N1OS(=O)(=O)ON1C(=O)[C@@H](NC(=O)/C(=N\O[C@@H](COc2ccc(Nc3cc[n+](CC4CNC4)cc3)nc2)C(=O)O)c2csc(N)n2)C1(C)C. The number of carbonyl (C=O) groups is 6. The highest BCUT2D eigenvalue weighted by Gasteiger charge is 2.61. The van der Waals surface area contributed by atoms with E-state index in [-0.39, 0.29) is 33.1 Å². The van der Waals surface area contributed by atoms with E-state index in [1.807, 2.05) is 49.1 Å². The van der Waals surface area contributed by atoms with Gasteiger partial charge in [0.25, 0.3) is 35.8 Å². The van der Waals surface area contributed by atoms with Crippen LogP contribution in [0.2, 0.25) is 0 Å². The number of β-lactam (4-membered cyclic amide) rings is 2. The first-order valence-corrected chi connectivity index (χ1v) is 30.9. The van der Waals surface area contributed by atoms with Crippen molar-refractivity contribution >= 4 is 113 Å². The number of anilines is 6. The number of pyridine rings is 4. The van der Waals surface area contributed by atoms with E-state index in [2.05, 4.69) is 71.3 Å². The molecule has 4 fully saturated rings. The molecule has 480 valence electrons. The highest BCUT2D eigenvalue weighted by Crippen LogP contribution is 2.37. The van der Waals surface area contributed by atoms with E-state index < -0.39 is 106 Å². The molecule has 4 aliphatic rings. The number of hydrogen-bond acceptors (Lipinski definition) is 28. The van der Waals surface area contributed by atoms with Crippen LogP contribution < -0.4 is 62.0 Å². The van der Waals surface area contributed by atoms with Crippen LogP contribution in [0.3, 0.4) is 0 Å². The molecule has 0 unspecified atom stereocenters. The summed E-state index contributed by atoms with van der Waals surface area (Å²) in [5, 5.41) is 48.6. The Balaban J connectivity index is 0.711. The number of nitrogens with one attached hydrogen (secondary N) is 6. The minimum Gasteiger partial charge on any atom is -0.487 e. The molecule has 4 amide bonds. The minimum absolute atomic E-state index is 0.0169. The molecule has 6 aromatic rings. The highest BCUT2D eigenvalue weighted by atomic mass is 32.3. The van der Waals surface area contributed by atoms with Gasteiger partial charge >= 0.3 is 22.3 Å². The molecule has 0 aliphatic carbocycles. The normalized spacial score (nSPS) is 18.7. The van der Waals surface area contributed by atoms with Crippen LogP contribution in [0.25, 0.3) is 0 Å². The molecule has 12 N–H and O–H groups in total. The standard InChI is InChI=1S/C54H60N18O16S3/c1-53(2)43(65-45(73)41(35-27-89-51(55)63-35)67-85-37(49(77)78)25-83-33-5-7-39(59-21-33)61-31-9-13-69(14-10-31)23-29-17-57-18-29)47(75)71(53)87-91(81,82)88-72-48(76)44(54(72,3)4)66-46(74)42(36-28-90-52(56)64-36)68-86-38(50(79)80)26-84-34-6-8-40(60-22-34)62-32-11-15-70(16-12-32)24-30-19-58-20-30/h5-16,21-22,27-30,37-38,43-44,57-58H,17-20,23-26H2,1-4H3,(H8,55,56,63,64,65,66,73,74,77,78,79,80)/p+2/b67-41-,68-42-/t37-,38-,43+,44+/m0/s1. The third-order valence-electron chi connectivity index (χ3n) is 14.6. The molecule has 37 heteroatoms. The van der Waals surface area contributed by atoms with Crippen molar-refractivity contribution in [3.05, 3.63) is 108 Å². The topological polar surface area (TPSA) is 447 Å². The molecule has 10 heterocycles. The number of carboxylic acid groups (broad SMARTS) is 2. The first-order chi connectivity index (χ1) is 43.4. The summed E-state index contributed by atoms with van der Waals surface area (Å²) in [6.07, 6.45) is 6.96. The van der Waals surface area contributed by atoms with E-state index in [1.54, 1.807) is 24.3 Å². The van der Waals surface area contributed by atoms with Crippen LogP contribution in [0.5, 0.6) is 11.5 Å². The molecule has 0 aromatic carbocycles. The van der Waals surface area contributed by atoms with Gasteiger partial charge in [0.1, 0.15) is 59.8 Å². The number of aromatic nitrogens is 6. The fourth-order valence-corrected chi connectivity index (χ4v) is 11.2. The maximum atomic E-state index is 13.9. The summed E-state index contributed by atoms with van der Waals surface area (Å²) in [5.74, 6) is -5.11. The van der Waals surface area contributed by atoms with Crippen molar-refractivity contribution in [2.24, 2.45) is 22.1 Å². The molecule has 0 bridgehead atoms. The Labute approximate surface area is 525 Å². The van der Waals surface area contributed by atoms with E-state index in [9.17, 15) is 47.4 Å². The van der Waals surface area contributed by atoms with Gasteiger partial charge in [0.05, 0.1) is 34.8 Å². The molecule has 4 atom stereocenters. The van der Waals surface area contributed by atoms with Gasteiger partial charge in [0, 0.05) is 73.0 Å². The number of aliphatic carboxylic acids is 2. The summed E-state index contributed by atoms with van der Waals surface area (Å²) in [5.41, 5.74) is 8.27. The summed E-state index contributed by atoms with van der Waals surface area (Å²) >= 11 is 1.80. The van der Waals surface area contributed by atoms with Crippen LogP contribution in [0.1, 0.15) is 39.1 Å². The fourth-order valence-electron chi connectivity index (χ4n) is 9.17. The molecule has 34 nitrogen and oxygen atoms in total. The molecule has 10 rings (SSSR count). The molecular formula is C54H62N18O16S3+2. The lowest BCUT2D eigenvalue weighted by Crippen LogP contribution is -2.78. The number of nitrogen functional groups attached to an aromatic ring is 2. The van der Waals surface area contributed by atoms with E-state index in [0.717, 1.165) is 73.3 Å². The Kier molecular flexibility index (Phi) is 19.1. The van der Waals surface area contributed by atoms with Gasteiger partial charge < -0.3 is 72.7 Å². The molecule has 0 spiro atoms. The van der Waals surface area contributed by atoms with Crippen molar-refractivity contribution in [3.63, 3.8) is 0 Å². The summed E-state index contributed by atoms with van der Waals surface area (Å²) in [6, 6.07) is 10.9. The van der Waals surface area contributed by atoms with E-state index in [1.165, 1.54) is 50.8 Å². The van der Waals surface area contributed by atoms with Gasteiger partial charge in [-0.1, -0.05) is 10.3 Å². The van der Waals surface area contributed by atoms with E-state index in [0.29, 0.717) is 33.6 Å². The number of ether oxygens (including phenoxy) is 2. The van der Waals surface area contributed by atoms with Gasteiger partial charge in [-0.15, -0.1) is 31.2 Å². The quantitative estimate of drug-likeness (QED) is 0.0118. The molecule has 91 heavy (non-hydrogen) atoms. The Bertz CT molecular complexity index is 3610. The number of hydroxylamine groups is 4. The Morgan fingerprint density at radius 1 is 0.659 bits per heavy atom. The highest BCUT2D eigenvalue weighted by molar-refractivity contribution is 7.81. The zero-order valence-corrected chi connectivity index (χ0v) is 51.3. The van der Waals surface area contributed by atoms with Crippen LogP contribution in [-0.2, 0) is 70.5 Å². The Morgan fingerprint density at radius 3 is 1.34 bits per heavy atom. The van der Waals surface area contributed by atoms with Crippen molar-refractivity contribution in [1.82, 2.24) is 51.3 Å². The molecule has 4 aliphatic heterocycles. The zero-order valence-electron chi connectivity index (χ0n) is 48.8. The first-order valence-electron chi connectivity index (χ1n) is 27.8. The van der Waals surface area contributed by atoms with Crippen molar-refractivity contribution in [1.29, 1.82) is 0 Å². The second-order valence-corrected chi connectivity index (χ2v) is 25.0. The third kappa shape index (κ3) is 15.4. The number of thiazole rings is 2. The second kappa shape index (κ2) is 27.1. The molecule has 0 saturated carbocycles. The number of rotatable bonds is 30. The smallest absolute Gasteiger partial charge is 0.442 e. The second-order valence-electron chi connectivity index (χ2n) is 22.1. The van der Waals surface area contributed by atoms with Crippen molar-refractivity contribution in [2.75, 3.05) is 61.5 Å². The van der Waals surface area contributed by atoms with Gasteiger partial charge in [-0.05, 0) is 52.0 Å². The van der Waals surface area contributed by atoms with Crippen LogP contribution in [0, 0.1) is 11.8 Å². The summed E-state index contributed by atoms with van der Waals surface area (Å²) in [4.78, 5) is 107. The van der Waals surface area contributed by atoms with E-state index >= 15 is 0 Å². The van der Waals surface area contributed by atoms with Gasteiger partial charge in [-0.25, -0.2) is 38.7 Å². The number of nitrogens with two attached hydrogens (primary N) is 2. The number of amides is 4. The third-order valence-corrected chi connectivity index (χ3v) is 16.6. The molecule has 6 aromatic heterocycles. The molecule has 4 saturated heterocycles. The number of carbonyl (C=O) groups excluding carboxylic acids is 4. The van der Waals surface area contributed by atoms with Crippen LogP contribution in [0.15, 0.2) is 107 Å². The maximum absolute atomic E-state index is 13.9. The van der Waals surface area contributed by atoms with Crippen molar-refractivity contribution in [2.45, 2.75) is 76.2 Å². The van der Waals surface area contributed by atoms with Crippen molar-refractivity contribution < 1.29 is 84.2 Å².